The summed E-state index contributed by atoms with van der Waals surface area (Å²) in [5.41, 5.74) is 5.96. The molecule has 3 aliphatic heterocycles. The number of hydrazine groups is 1. The van der Waals surface area contributed by atoms with Crippen LogP contribution in [0.5, 0.6) is 0 Å². The Labute approximate surface area is 180 Å². The third-order valence-electron chi connectivity index (χ3n) is 6.42. The van der Waals surface area contributed by atoms with Crippen molar-refractivity contribution < 1.29 is 4.39 Å². The zero-order chi connectivity index (χ0) is 21.5. The van der Waals surface area contributed by atoms with Gasteiger partial charge in [0.1, 0.15) is 12.0 Å². The first-order valence-electron chi connectivity index (χ1n) is 11.4. The molecule has 0 amide bonds. The minimum absolute atomic E-state index is 0.0209. The number of pyridine rings is 1. The molecule has 0 spiro atoms. The maximum Gasteiger partial charge on any atom is 0.168 e. The van der Waals surface area contributed by atoms with Crippen LogP contribution in [0.1, 0.15) is 59.6 Å². The van der Waals surface area contributed by atoms with Crippen molar-refractivity contribution >= 4 is 11.5 Å². The van der Waals surface area contributed by atoms with Crippen LogP contribution in [-0.4, -0.2) is 47.4 Å². The summed E-state index contributed by atoms with van der Waals surface area (Å²) in [6.07, 6.45) is 6.08. The number of allylic oxidation sites excluding steroid dienone is 1. The molecule has 7 heteroatoms. The molecule has 1 aromatic rings. The second-order valence-electron chi connectivity index (χ2n) is 10.1. The maximum atomic E-state index is 15.4. The monoisotopic (exact) mass is 416 g/mol. The molecule has 0 saturated carbocycles. The van der Waals surface area contributed by atoms with E-state index in [1.54, 1.807) is 0 Å². The van der Waals surface area contributed by atoms with Gasteiger partial charge in [-0.3, -0.25) is 0 Å². The number of nitrogens with one attached hydrogen (secondary N) is 3. The molecule has 2 fully saturated rings. The zero-order valence-corrected chi connectivity index (χ0v) is 19.1. The van der Waals surface area contributed by atoms with E-state index in [2.05, 4.69) is 66.7 Å². The van der Waals surface area contributed by atoms with Gasteiger partial charge in [0.25, 0.3) is 0 Å². The van der Waals surface area contributed by atoms with Crippen LogP contribution in [-0.2, 0) is 6.42 Å². The highest BCUT2D eigenvalue weighted by Gasteiger charge is 2.30. The van der Waals surface area contributed by atoms with E-state index in [0.717, 1.165) is 44.7 Å². The molecule has 0 aliphatic carbocycles. The van der Waals surface area contributed by atoms with E-state index in [0.29, 0.717) is 29.8 Å². The van der Waals surface area contributed by atoms with Crippen molar-refractivity contribution in [1.82, 2.24) is 20.7 Å². The molecule has 6 nitrogen and oxygen atoms in total. The van der Waals surface area contributed by atoms with Crippen molar-refractivity contribution in [3.63, 3.8) is 0 Å². The predicted molar refractivity (Wildman–Crippen MR) is 121 cm³/mol. The summed E-state index contributed by atoms with van der Waals surface area (Å²) in [7, 11) is 0. The normalized spacial score (nSPS) is 27.1. The smallest absolute Gasteiger partial charge is 0.168 e. The largest absolute Gasteiger partial charge is 0.369 e. The molecule has 3 N–H and O–H groups in total. The van der Waals surface area contributed by atoms with Gasteiger partial charge in [0.05, 0.1) is 11.4 Å². The van der Waals surface area contributed by atoms with Crippen molar-refractivity contribution in [2.45, 2.75) is 78.0 Å². The van der Waals surface area contributed by atoms with Crippen LogP contribution in [0.3, 0.4) is 0 Å². The average Bonchev–Trinajstić information content (AvgIpc) is 2.98. The molecule has 3 atom stereocenters. The molecule has 1 unspecified atom stereocenters. The second kappa shape index (κ2) is 8.35. The molecule has 30 heavy (non-hydrogen) atoms. The minimum atomic E-state index is -0.131. The van der Waals surface area contributed by atoms with Crippen molar-refractivity contribution in [3.05, 3.63) is 29.4 Å². The van der Waals surface area contributed by atoms with Crippen molar-refractivity contribution in [2.75, 3.05) is 29.9 Å². The molecular formula is C23H37FN6. The van der Waals surface area contributed by atoms with Gasteiger partial charge in [-0.25, -0.2) is 14.8 Å². The molecule has 2 saturated heterocycles. The molecule has 0 radical (unpaired) electrons. The van der Waals surface area contributed by atoms with Crippen molar-refractivity contribution in [2.24, 2.45) is 5.92 Å². The molecule has 4 heterocycles. The standard InChI is InChI=1S/C23H37FN6/c1-15-11-17(7-8-25-15)13-18-22(24)19(29-9-6-10-29)14-20(26-18)27-21-12-16(2)30(28-21)23(3,4)5/h12,14-15,17,21,25,28H,6-11,13H2,1-5H3,(H,26,27)/t15-,17+,21?/m1/s1. The van der Waals surface area contributed by atoms with E-state index in [1.807, 2.05) is 6.07 Å². The highest BCUT2D eigenvalue weighted by atomic mass is 19.1. The summed E-state index contributed by atoms with van der Waals surface area (Å²) in [4.78, 5) is 6.87. The Morgan fingerprint density at radius 2 is 2.07 bits per heavy atom. The summed E-state index contributed by atoms with van der Waals surface area (Å²) in [6.45, 7) is 13.7. The van der Waals surface area contributed by atoms with Gasteiger partial charge in [-0.15, -0.1) is 0 Å². The Morgan fingerprint density at radius 1 is 1.30 bits per heavy atom. The highest BCUT2D eigenvalue weighted by molar-refractivity contribution is 5.58. The summed E-state index contributed by atoms with van der Waals surface area (Å²) < 4.78 is 15.4. The lowest BCUT2D eigenvalue weighted by molar-refractivity contribution is 0.129. The minimum Gasteiger partial charge on any atom is -0.369 e. The summed E-state index contributed by atoms with van der Waals surface area (Å²) in [6, 6.07) is 2.37. The quantitative estimate of drug-likeness (QED) is 0.682. The van der Waals surface area contributed by atoms with Gasteiger partial charge in [0.15, 0.2) is 5.82 Å². The van der Waals surface area contributed by atoms with Crippen LogP contribution >= 0.6 is 0 Å². The molecule has 1 aromatic heterocycles. The predicted octanol–water partition coefficient (Wildman–Crippen LogP) is 3.62. The van der Waals surface area contributed by atoms with Crippen LogP contribution in [0.25, 0.3) is 0 Å². The summed E-state index contributed by atoms with van der Waals surface area (Å²) >= 11 is 0. The first kappa shape index (κ1) is 21.4. The summed E-state index contributed by atoms with van der Waals surface area (Å²) in [5.74, 6) is 1.09. The van der Waals surface area contributed by atoms with Gasteiger partial charge in [-0.2, -0.15) is 0 Å². The van der Waals surface area contributed by atoms with E-state index in [-0.39, 0.29) is 17.5 Å². The Morgan fingerprint density at radius 3 is 2.67 bits per heavy atom. The molecule has 166 valence electrons. The number of hydrogen-bond donors (Lipinski definition) is 3. The van der Waals surface area contributed by atoms with Crippen LogP contribution in [0, 0.1) is 11.7 Å². The fourth-order valence-corrected chi connectivity index (χ4v) is 4.81. The Balaban J connectivity index is 1.55. The van der Waals surface area contributed by atoms with Crippen LogP contribution in [0.4, 0.5) is 15.9 Å². The fraction of sp³-hybridized carbons (Fsp3) is 0.696. The van der Waals surface area contributed by atoms with E-state index in [1.165, 1.54) is 5.70 Å². The van der Waals surface area contributed by atoms with E-state index in [4.69, 9.17) is 4.98 Å². The number of anilines is 2. The van der Waals surface area contributed by atoms with E-state index >= 15 is 4.39 Å². The van der Waals surface area contributed by atoms with Crippen LogP contribution in [0.15, 0.2) is 17.8 Å². The molecular weight excluding hydrogens is 379 g/mol. The fourth-order valence-electron chi connectivity index (χ4n) is 4.81. The van der Waals surface area contributed by atoms with Gasteiger partial charge >= 0.3 is 0 Å². The van der Waals surface area contributed by atoms with Crippen molar-refractivity contribution in [1.29, 1.82) is 0 Å². The molecule has 4 rings (SSSR count). The summed E-state index contributed by atoms with van der Waals surface area (Å²) in [5, 5.41) is 9.14. The van der Waals surface area contributed by atoms with Crippen LogP contribution < -0.4 is 21.0 Å². The lowest BCUT2D eigenvalue weighted by atomic mass is 9.89. The third kappa shape index (κ3) is 4.57. The Kier molecular flexibility index (Phi) is 5.95. The molecule has 0 bridgehead atoms. The van der Waals surface area contributed by atoms with Gasteiger partial charge < -0.3 is 20.5 Å². The van der Waals surface area contributed by atoms with Gasteiger partial charge in [-0.1, -0.05) is 0 Å². The van der Waals surface area contributed by atoms with Crippen LogP contribution in [0.2, 0.25) is 0 Å². The lowest BCUT2D eigenvalue weighted by Gasteiger charge is -2.36. The third-order valence-corrected chi connectivity index (χ3v) is 6.42. The first-order valence-corrected chi connectivity index (χ1v) is 11.4. The zero-order valence-electron chi connectivity index (χ0n) is 19.1. The number of nitrogens with zero attached hydrogens (tertiary/aromatic N) is 3. The van der Waals surface area contributed by atoms with Gasteiger partial charge in [0.2, 0.25) is 0 Å². The first-order chi connectivity index (χ1) is 14.2. The van der Waals surface area contributed by atoms with Gasteiger partial charge in [-0.05, 0) is 78.8 Å². The van der Waals surface area contributed by atoms with E-state index in [9.17, 15) is 0 Å². The SMILES string of the molecule is CC1=CC(Nc2cc(N3CCC3)c(F)c(C[C@H]3CCN[C@H](C)C3)n2)NN1C(C)(C)C. The lowest BCUT2D eigenvalue weighted by Crippen LogP contribution is -2.50. The number of halogens is 1. The Bertz CT molecular complexity index is 798. The number of aromatic nitrogens is 1. The highest BCUT2D eigenvalue weighted by Crippen LogP contribution is 2.32. The number of rotatable bonds is 5. The van der Waals surface area contributed by atoms with Gasteiger partial charge in [0, 0.05) is 36.4 Å². The number of hydrogen-bond acceptors (Lipinski definition) is 6. The van der Waals surface area contributed by atoms with Crippen molar-refractivity contribution in [3.8, 4) is 0 Å². The Hall–Kier alpha value is -1.86. The number of piperidine rings is 1. The second-order valence-corrected chi connectivity index (χ2v) is 10.1. The molecule has 3 aliphatic rings. The van der Waals surface area contributed by atoms with E-state index < -0.39 is 0 Å². The topological polar surface area (TPSA) is 55.5 Å². The maximum absolute atomic E-state index is 15.4. The molecule has 0 aromatic carbocycles. The average molecular weight is 417 g/mol.